The Kier molecular flexibility index (Phi) is 3.57. The number of thiophene rings is 1. The van der Waals surface area contributed by atoms with Crippen LogP contribution in [0.25, 0.3) is 0 Å². The van der Waals surface area contributed by atoms with Gasteiger partial charge in [-0.05, 0) is 18.4 Å². The smallest absolute Gasteiger partial charge is 0.375 e. The second-order valence-corrected chi connectivity index (χ2v) is 3.65. The number of aliphatic hydroxyl groups is 2. The van der Waals surface area contributed by atoms with E-state index in [4.69, 9.17) is 0 Å². The van der Waals surface area contributed by atoms with Gasteiger partial charge in [-0.2, -0.15) is 0 Å². The third-order valence-electron chi connectivity index (χ3n) is 1.62. The molecule has 0 aromatic carbocycles. The first-order valence-corrected chi connectivity index (χ1v) is 5.08. The summed E-state index contributed by atoms with van der Waals surface area (Å²) in [5.41, 5.74) is 0. The summed E-state index contributed by atoms with van der Waals surface area (Å²) < 4.78 is 4.37. The van der Waals surface area contributed by atoms with E-state index in [0.717, 1.165) is 11.3 Å². The highest BCUT2D eigenvalue weighted by Crippen LogP contribution is 2.17. The maximum Gasteiger partial charge on any atom is 0.375 e. The maximum absolute atomic E-state index is 11.5. The van der Waals surface area contributed by atoms with Crippen LogP contribution >= 0.6 is 11.3 Å². The minimum absolute atomic E-state index is 0.0283. The zero-order chi connectivity index (χ0) is 11.5. The number of carbonyl (C=O) groups is 2. The Morgan fingerprint density at radius 3 is 2.67 bits per heavy atom. The number of hydrogen-bond donors (Lipinski definition) is 2. The van der Waals surface area contributed by atoms with E-state index in [1.165, 1.54) is 13.0 Å². The highest BCUT2D eigenvalue weighted by atomic mass is 32.1. The van der Waals surface area contributed by atoms with E-state index in [0.29, 0.717) is 0 Å². The Morgan fingerprint density at radius 1 is 1.53 bits per heavy atom. The molecule has 82 valence electrons. The van der Waals surface area contributed by atoms with Crippen LogP contribution in [0.1, 0.15) is 16.6 Å². The molecule has 0 aliphatic rings. The molecule has 0 radical (unpaired) electrons. The summed E-state index contributed by atoms with van der Waals surface area (Å²) in [7, 11) is 0. The zero-order valence-electron chi connectivity index (χ0n) is 7.97. The summed E-state index contributed by atoms with van der Waals surface area (Å²) in [6.45, 7) is 1.48. The number of rotatable bonds is 4. The van der Waals surface area contributed by atoms with E-state index in [2.05, 4.69) is 4.74 Å². The molecular weight excluding hydrogens is 220 g/mol. The molecule has 0 atom stereocenters. The normalized spacial score (nSPS) is 11.1. The number of esters is 1. The quantitative estimate of drug-likeness (QED) is 0.333. The van der Waals surface area contributed by atoms with Gasteiger partial charge < -0.3 is 14.9 Å². The average molecular weight is 230 g/mol. The first-order chi connectivity index (χ1) is 7.00. The lowest BCUT2D eigenvalue weighted by Gasteiger charge is -2.16. The minimum atomic E-state index is -3.10. The van der Waals surface area contributed by atoms with Gasteiger partial charge in [0.2, 0.25) is 5.78 Å². The molecule has 0 saturated heterocycles. The van der Waals surface area contributed by atoms with E-state index in [9.17, 15) is 19.8 Å². The van der Waals surface area contributed by atoms with Crippen molar-refractivity contribution >= 4 is 23.1 Å². The molecule has 1 aromatic heterocycles. The van der Waals surface area contributed by atoms with Crippen LogP contribution in [-0.4, -0.2) is 34.4 Å². The van der Waals surface area contributed by atoms with Crippen molar-refractivity contribution in [3.05, 3.63) is 22.4 Å². The number of carbonyl (C=O) groups excluding carboxylic acids is 2. The van der Waals surface area contributed by atoms with Crippen molar-refractivity contribution in [1.29, 1.82) is 0 Å². The molecule has 0 aliphatic heterocycles. The zero-order valence-corrected chi connectivity index (χ0v) is 8.78. The molecular formula is C9H10O5S. The second kappa shape index (κ2) is 4.52. The van der Waals surface area contributed by atoms with Gasteiger partial charge in [-0.25, -0.2) is 4.79 Å². The molecule has 0 spiro atoms. The predicted octanol–water partition coefficient (Wildman–Crippen LogP) is 0.175. The summed E-state index contributed by atoms with van der Waals surface area (Å²) in [6, 6.07) is 2.96. The summed E-state index contributed by atoms with van der Waals surface area (Å²) in [5, 5.41) is 20.2. The van der Waals surface area contributed by atoms with E-state index >= 15 is 0 Å². The van der Waals surface area contributed by atoms with Crippen LogP contribution in [0.2, 0.25) is 0 Å². The van der Waals surface area contributed by atoms with Crippen LogP contribution in [0.15, 0.2) is 17.5 Å². The first-order valence-electron chi connectivity index (χ1n) is 4.20. The van der Waals surface area contributed by atoms with Crippen molar-refractivity contribution in [3.8, 4) is 0 Å². The van der Waals surface area contributed by atoms with Crippen LogP contribution in [0.5, 0.6) is 0 Å². The Morgan fingerprint density at radius 2 is 2.20 bits per heavy atom. The van der Waals surface area contributed by atoms with Gasteiger partial charge in [0.05, 0.1) is 11.5 Å². The highest BCUT2D eigenvalue weighted by Gasteiger charge is 2.44. The molecule has 5 nitrogen and oxygen atoms in total. The molecule has 1 heterocycles. The Balaban J connectivity index is 2.86. The van der Waals surface area contributed by atoms with Crippen molar-refractivity contribution < 1.29 is 24.5 Å². The Hall–Kier alpha value is -1.24. The molecule has 0 saturated carbocycles. The molecule has 1 aromatic rings. The van der Waals surface area contributed by atoms with E-state index in [1.807, 2.05) is 0 Å². The Labute approximate surface area is 89.9 Å². The Bertz CT molecular complexity index is 355. The van der Waals surface area contributed by atoms with E-state index in [-0.39, 0.29) is 11.5 Å². The van der Waals surface area contributed by atoms with Gasteiger partial charge in [0, 0.05) is 0 Å². The fourth-order valence-corrected chi connectivity index (χ4v) is 1.61. The van der Waals surface area contributed by atoms with Crippen molar-refractivity contribution in [2.75, 3.05) is 6.61 Å². The molecule has 0 unspecified atom stereocenters. The van der Waals surface area contributed by atoms with E-state index in [1.54, 1.807) is 11.4 Å². The second-order valence-electron chi connectivity index (χ2n) is 2.70. The van der Waals surface area contributed by atoms with Gasteiger partial charge in [0.15, 0.2) is 0 Å². The van der Waals surface area contributed by atoms with Crippen LogP contribution in [0, 0.1) is 0 Å². The van der Waals surface area contributed by atoms with Gasteiger partial charge in [0.25, 0.3) is 0 Å². The van der Waals surface area contributed by atoms with Crippen molar-refractivity contribution in [2.45, 2.75) is 12.7 Å². The van der Waals surface area contributed by atoms with Gasteiger partial charge >= 0.3 is 11.8 Å². The largest absolute Gasteiger partial charge is 0.462 e. The number of hydrogen-bond acceptors (Lipinski definition) is 6. The third kappa shape index (κ3) is 2.41. The van der Waals surface area contributed by atoms with Crippen LogP contribution < -0.4 is 0 Å². The summed E-state index contributed by atoms with van der Waals surface area (Å²) in [4.78, 5) is 22.6. The topological polar surface area (TPSA) is 83.8 Å². The van der Waals surface area contributed by atoms with Crippen LogP contribution in [0.4, 0.5) is 0 Å². The SMILES string of the molecule is CCOC(=O)C(O)(O)C(=O)c1cccs1. The summed E-state index contributed by atoms with van der Waals surface area (Å²) >= 11 is 1.02. The van der Waals surface area contributed by atoms with Gasteiger partial charge in [0.1, 0.15) is 0 Å². The molecule has 1 rings (SSSR count). The molecule has 0 bridgehead atoms. The lowest BCUT2D eigenvalue weighted by molar-refractivity contribution is -0.191. The fraction of sp³-hybridized carbons (Fsp3) is 0.333. The monoisotopic (exact) mass is 230 g/mol. The number of ketones is 1. The van der Waals surface area contributed by atoms with Gasteiger partial charge in [-0.3, -0.25) is 4.79 Å². The summed E-state index contributed by atoms with van der Waals surface area (Å²) in [5.74, 6) is -5.53. The fourth-order valence-electron chi connectivity index (χ4n) is 0.904. The lowest BCUT2D eigenvalue weighted by atomic mass is 10.1. The lowest BCUT2D eigenvalue weighted by Crippen LogP contribution is -2.47. The minimum Gasteiger partial charge on any atom is -0.462 e. The summed E-state index contributed by atoms with van der Waals surface area (Å²) in [6.07, 6.45) is 0. The molecule has 0 amide bonds. The van der Waals surface area contributed by atoms with Crippen molar-refractivity contribution in [2.24, 2.45) is 0 Å². The van der Waals surface area contributed by atoms with Crippen molar-refractivity contribution in [3.63, 3.8) is 0 Å². The molecule has 6 heteroatoms. The number of ether oxygens (including phenoxy) is 1. The first kappa shape index (κ1) is 11.8. The van der Waals surface area contributed by atoms with Crippen LogP contribution in [0.3, 0.4) is 0 Å². The van der Waals surface area contributed by atoms with E-state index < -0.39 is 17.5 Å². The molecule has 2 N–H and O–H groups in total. The predicted molar refractivity (Wildman–Crippen MR) is 52.5 cm³/mol. The van der Waals surface area contributed by atoms with Crippen molar-refractivity contribution in [1.82, 2.24) is 0 Å². The standard InChI is InChI=1S/C9H10O5S/c1-2-14-8(11)9(12,13)7(10)6-4-3-5-15-6/h3-5,12-13H,2H2,1H3. The van der Waals surface area contributed by atoms with Gasteiger partial charge in [-0.15, -0.1) is 11.3 Å². The third-order valence-corrected chi connectivity index (χ3v) is 2.49. The number of Topliss-reactive ketones (excluding diaryl/α,β-unsaturated/α-hetero) is 1. The maximum atomic E-state index is 11.5. The highest BCUT2D eigenvalue weighted by molar-refractivity contribution is 7.12. The van der Waals surface area contributed by atoms with Crippen LogP contribution in [-0.2, 0) is 9.53 Å². The molecule has 0 fully saturated rings. The molecule has 15 heavy (non-hydrogen) atoms. The van der Waals surface area contributed by atoms with Gasteiger partial charge in [-0.1, -0.05) is 6.07 Å². The molecule has 0 aliphatic carbocycles. The average Bonchev–Trinajstić information content (AvgIpc) is 2.69.